The van der Waals surface area contributed by atoms with Gasteiger partial charge in [0.15, 0.2) is 0 Å². The normalized spacial score (nSPS) is 18.8. The molecule has 0 spiro atoms. The summed E-state index contributed by atoms with van der Waals surface area (Å²) in [7, 11) is 0. The summed E-state index contributed by atoms with van der Waals surface area (Å²) in [6, 6.07) is 0. The van der Waals surface area contributed by atoms with Crippen LogP contribution < -0.4 is 5.73 Å². The van der Waals surface area contributed by atoms with Gasteiger partial charge in [0.05, 0.1) is 0 Å². The minimum Gasteiger partial charge on any atom is -0.366 e. The molecule has 1 aliphatic rings. The van der Waals surface area contributed by atoms with Gasteiger partial charge in [0.1, 0.15) is 0 Å². The Morgan fingerprint density at radius 1 is 1.56 bits per heavy atom. The van der Waals surface area contributed by atoms with E-state index in [1.807, 2.05) is 0 Å². The highest BCUT2D eigenvalue weighted by Crippen LogP contribution is 2.27. The molecule has 0 bridgehead atoms. The maximum atomic E-state index is 10.5. The lowest BCUT2D eigenvalue weighted by molar-refractivity contribution is -0.114. The molecule has 0 aliphatic heterocycles. The molecule has 0 atom stereocenters. The van der Waals surface area contributed by atoms with Gasteiger partial charge in [-0.05, 0) is 19.3 Å². The number of hydrogen-bond donors (Lipinski definition) is 1. The van der Waals surface area contributed by atoms with Gasteiger partial charge in [-0.2, -0.15) is 0 Å². The largest absolute Gasteiger partial charge is 0.366 e. The maximum absolute atomic E-state index is 10.5. The Hall–Kier alpha value is -0.500. The van der Waals surface area contributed by atoms with E-state index in [4.69, 9.17) is 17.3 Å². The Morgan fingerprint density at radius 2 is 2.22 bits per heavy atom. The highest BCUT2D eigenvalue weighted by molar-refractivity contribution is 6.32. The lowest BCUT2D eigenvalue weighted by atomic mass is 10.2. The van der Waals surface area contributed by atoms with Gasteiger partial charge in [0.25, 0.3) is 0 Å². The topological polar surface area (TPSA) is 43.1 Å². The van der Waals surface area contributed by atoms with Crippen LogP contribution in [0.3, 0.4) is 0 Å². The predicted molar refractivity (Wildman–Crippen MR) is 35.9 cm³/mol. The number of hydrogen-bond acceptors (Lipinski definition) is 1. The Balaban J connectivity index is 2.78. The van der Waals surface area contributed by atoms with Crippen molar-refractivity contribution in [2.75, 3.05) is 0 Å². The second-order valence-corrected chi connectivity index (χ2v) is 2.56. The van der Waals surface area contributed by atoms with Crippen LogP contribution in [0.5, 0.6) is 0 Å². The number of halogens is 1. The molecule has 2 N–H and O–H groups in total. The van der Waals surface area contributed by atoms with Crippen molar-refractivity contribution in [2.45, 2.75) is 19.3 Å². The molecule has 0 fully saturated rings. The average molecular weight is 146 g/mol. The highest BCUT2D eigenvalue weighted by atomic mass is 35.5. The van der Waals surface area contributed by atoms with E-state index in [9.17, 15) is 4.79 Å². The molecule has 0 aromatic carbocycles. The lowest BCUT2D eigenvalue weighted by Crippen LogP contribution is -2.12. The third kappa shape index (κ3) is 1.24. The zero-order valence-corrected chi connectivity index (χ0v) is 5.74. The van der Waals surface area contributed by atoms with E-state index in [0.29, 0.717) is 10.6 Å². The van der Waals surface area contributed by atoms with E-state index in [2.05, 4.69) is 0 Å². The summed E-state index contributed by atoms with van der Waals surface area (Å²) in [5.74, 6) is -0.363. The zero-order valence-electron chi connectivity index (χ0n) is 4.98. The average Bonchev–Trinajstić information content (AvgIpc) is 2.13. The highest BCUT2D eigenvalue weighted by Gasteiger charge is 2.16. The summed E-state index contributed by atoms with van der Waals surface area (Å²) < 4.78 is 0. The molecule has 0 saturated carbocycles. The minimum absolute atomic E-state index is 0.363. The van der Waals surface area contributed by atoms with Gasteiger partial charge in [-0.3, -0.25) is 4.79 Å². The van der Waals surface area contributed by atoms with Crippen molar-refractivity contribution in [2.24, 2.45) is 5.73 Å². The third-order valence-corrected chi connectivity index (χ3v) is 1.87. The summed E-state index contributed by atoms with van der Waals surface area (Å²) in [6.07, 6.45) is 2.55. The minimum atomic E-state index is -0.363. The van der Waals surface area contributed by atoms with Gasteiger partial charge in [-0.25, -0.2) is 0 Å². The number of allylic oxidation sites excluding steroid dienone is 1. The zero-order chi connectivity index (χ0) is 6.85. The van der Waals surface area contributed by atoms with Crippen molar-refractivity contribution in [3.05, 3.63) is 10.6 Å². The van der Waals surface area contributed by atoms with Gasteiger partial charge in [-0.1, -0.05) is 11.6 Å². The summed E-state index contributed by atoms with van der Waals surface area (Å²) in [5, 5.41) is 0.655. The molecule has 3 heteroatoms. The third-order valence-electron chi connectivity index (χ3n) is 1.45. The van der Waals surface area contributed by atoms with E-state index >= 15 is 0 Å². The molecule has 0 saturated heterocycles. The summed E-state index contributed by atoms with van der Waals surface area (Å²) >= 11 is 5.65. The van der Waals surface area contributed by atoms with Crippen molar-refractivity contribution < 1.29 is 4.79 Å². The standard InChI is InChI=1S/C6H8ClNO/c7-5-3-1-2-4(5)6(8)9/h1-3H2,(H2,8,9). The Labute approximate surface area is 58.7 Å². The fourth-order valence-electron chi connectivity index (χ4n) is 0.964. The molecule has 1 amide bonds. The first-order valence-electron chi connectivity index (χ1n) is 2.89. The summed E-state index contributed by atoms with van der Waals surface area (Å²) in [4.78, 5) is 10.5. The Bertz CT molecular complexity index is 174. The van der Waals surface area contributed by atoms with Gasteiger partial charge < -0.3 is 5.73 Å². The monoisotopic (exact) mass is 145 g/mol. The fourth-order valence-corrected chi connectivity index (χ4v) is 1.29. The molecule has 50 valence electrons. The van der Waals surface area contributed by atoms with E-state index in [1.54, 1.807) is 0 Å². The summed E-state index contributed by atoms with van der Waals surface area (Å²) in [6.45, 7) is 0. The van der Waals surface area contributed by atoms with Crippen molar-refractivity contribution >= 4 is 17.5 Å². The van der Waals surface area contributed by atoms with Gasteiger partial charge in [-0.15, -0.1) is 0 Å². The van der Waals surface area contributed by atoms with Crippen molar-refractivity contribution in [1.29, 1.82) is 0 Å². The van der Waals surface area contributed by atoms with Crippen molar-refractivity contribution in [3.8, 4) is 0 Å². The molecule has 0 unspecified atom stereocenters. The number of rotatable bonds is 1. The van der Waals surface area contributed by atoms with Crippen LogP contribution >= 0.6 is 11.6 Å². The molecule has 0 aromatic rings. The number of primary amides is 1. The first-order valence-corrected chi connectivity index (χ1v) is 3.27. The molecule has 1 rings (SSSR count). The number of carbonyl (C=O) groups is 1. The van der Waals surface area contributed by atoms with E-state index in [0.717, 1.165) is 19.3 Å². The van der Waals surface area contributed by atoms with Crippen LogP contribution in [-0.4, -0.2) is 5.91 Å². The lowest BCUT2D eigenvalue weighted by Gasteiger charge is -1.91. The molecular weight excluding hydrogens is 138 g/mol. The predicted octanol–water partition coefficient (Wildman–Crippen LogP) is 1.15. The first-order chi connectivity index (χ1) is 4.22. The van der Waals surface area contributed by atoms with E-state index < -0.39 is 0 Å². The van der Waals surface area contributed by atoms with Crippen LogP contribution in [0.25, 0.3) is 0 Å². The fraction of sp³-hybridized carbons (Fsp3) is 0.500. The Morgan fingerprint density at radius 3 is 2.44 bits per heavy atom. The number of carbonyl (C=O) groups excluding carboxylic acids is 1. The van der Waals surface area contributed by atoms with E-state index in [-0.39, 0.29) is 5.91 Å². The van der Waals surface area contributed by atoms with Crippen molar-refractivity contribution in [3.63, 3.8) is 0 Å². The van der Waals surface area contributed by atoms with E-state index in [1.165, 1.54) is 0 Å². The van der Waals surface area contributed by atoms with Gasteiger partial charge in [0, 0.05) is 10.6 Å². The maximum Gasteiger partial charge on any atom is 0.245 e. The Kier molecular flexibility index (Phi) is 1.76. The second kappa shape index (κ2) is 2.40. The second-order valence-electron chi connectivity index (χ2n) is 2.10. The van der Waals surface area contributed by atoms with Crippen LogP contribution in [0.4, 0.5) is 0 Å². The molecular formula is C6H8ClNO. The van der Waals surface area contributed by atoms with Crippen LogP contribution in [0.15, 0.2) is 10.6 Å². The molecule has 0 radical (unpaired) electrons. The van der Waals surface area contributed by atoms with Crippen LogP contribution in [0, 0.1) is 0 Å². The molecule has 1 aliphatic carbocycles. The van der Waals surface area contributed by atoms with Gasteiger partial charge >= 0.3 is 0 Å². The smallest absolute Gasteiger partial charge is 0.245 e. The quantitative estimate of drug-likeness (QED) is 0.591. The number of nitrogens with two attached hydrogens (primary N) is 1. The van der Waals surface area contributed by atoms with Crippen LogP contribution in [0.1, 0.15) is 19.3 Å². The van der Waals surface area contributed by atoms with Crippen LogP contribution in [-0.2, 0) is 4.79 Å². The number of amides is 1. The molecule has 0 heterocycles. The first kappa shape index (κ1) is 6.62. The molecule has 0 aromatic heterocycles. The molecule has 2 nitrogen and oxygen atoms in total. The van der Waals surface area contributed by atoms with Crippen LogP contribution in [0.2, 0.25) is 0 Å². The SMILES string of the molecule is NC(=O)C1=C(Cl)CCC1. The van der Waals surface area contributed by atoms with Gasteiger partial charge in [0.2, 0.25) is 5.91 Å². The summed E-state index contributed by atoms with van der Waals surface area (Å²) in [5.41, 5.74) is 5.63. The van der Waals surface area contributed by atoms with Crippen molar-refractivity contribution in [1.82, 2.24) is 0 Å². The molecule has 9 heavy (non-hydrogen) atoms.